The normalized spacial score (nSPS) is 10.8. The Morgan fingerprint density at radius 1 is 0.875 bits per heavy atom. The van der Waals surface area contributed by atoms with Gasteiger partial charge in [0.1, 0.15) is 5.54 Å². The summed E-state index contributed by atoms with van der Waals surface area (Å²) in [7, 11) is 0. The molecule has 0 aliphatic heterocycles. The average molecular weight is 325 g/mol. The fourth-order valence-electron chi connectivity index (χ4n) is 2.02. The van der Waals surface area contributed by atoms with Gasteiger partial charge >= 0.3 is 5.97 Å². The van der Waals surface area contributed by atoms with Crippen molar-refractivity contribution in [3.63, 3.8) is 0 Å². The molecule has 0 heterocycles. The highest BCUT2D eigenvalue weighted by molar-refractivity contribution is 6.00. The molecule has 0 saturated carbocycles. The monoisotopic (exact) mass is 325 g/mol. The van der Waals surface area contributed by atoms with Gasteiger partial charge in [0.2, 0.25) is 0 Å². The quantitative estimate of drug-likeness (QED) is 0.654. The van der Waals surface area contributed by atoms with Crippen LogP contribution in [0.4, 0.5) is 0 Å². The summed E-state index contributed by atoms with van der Waals surface area (Å²) in [6, 6.07) is 17.1. The molecule has 0 bridgehead atoms. The Hall–Kier alpha value is -2.95. The van der Waals surface area contributed by atoms with Crippen LogP contribution in [0.15, 0.2) is 60.7 Å². The molecule has 0 aromatic heterocycles. The van der Waals surface area contributed by atoms with E-state index in [0.29, 0.717) is 11.1 Å². The number of Topliss-reactive ketones (excluding diaryl/α,β-unsaturated/α-hetero) is 1. The van der Waals surface area contributed by atoms with E-state index >= 15 is 0 Å². The van der Waals surface area contributed by atoms with E-state index in [4.69, 9.17) is 4.74 Å². The van der Waals surface area contributed by atoms with Crippen molar-refractivity contribution in [3.05, 3.63) is 71.8 Å². The fourth-order valence-corrected chi connectivity index (χ4v) is 2.02. The summed E-state index contributed by atoms with van der Waals surface area (Å²) < 4.78 is 5.06. The molecule has 1 amide bonds. The zero-order chi connectivity index (χ0) is 17.6. The van der Waals surface area contributed by atoms with Crippen molar-refractivity contribution < 1.29 is 19.1 Å². The third-order valence-electron chi connectivity index (χ3n) is 3.40. The highest BCUT2D eigenvalue weighted by Gasteiger charge is 2.32. The largest absolute Gasteiger partial charge is 0.456 e. The molecule has 124 valence electrons. The topological polar surface area (TPSA) is 72.5 Å². The van der Waals surface area contributed by atoms with Gasteiger partial charge < -0.3 is 10.1 Å². The summed E-state index contributed by atoms with van der Waals surface area (Å²) in [4.78, 5) is 36.3. The molecule has 2 aromatic carbocycles. The number of amides is 1. The van der Waals surface area contributed by atoms with Crippen molar-refractivity contribution in [2.45, 2.75) is 19.4 Å². The number of hydrogen-bond acceptors (Lipinski definition) is 4. The van der Waals surface area contributed by atoms with Crippen molar-refractivity contribution in [1.29, 1.82) is 0 Å². The van der Waals surface area contributed by atoms with Crippen LogP contribution in [-0.2, 0) is 9.53 Å². The van der Waals surface area contributed by atoms with Gasteiger partial charge in [-0.2, -0.15) is 0 Å². The van der Waals surface area contributed by atoms with E-state index in [1.807, 2.05) is 0 Å². The number of ether oxygens (including phenoxy) is 1. The first-order valence-electron chi connectivity index (χ1n) is 7.53. The lowest BCUT2D eigenvalue weighted by Gasteiger charge is -2.24. The standard InChI is InChI=1S/C19H19NO4/c1-19(2,20-17(22)15-11-7-4-8-12-15)18(23)24-13-16(21)14-9-5-3-6-10-14/h3-12H,13H2,1-2H3,(H,20,22). The van der Waals surface area contributed by atoms with Crippen LogP contribution in [0.5, 0.6) is 0 Å². The maximum Gasteiger partial charge on any atom is 0.331 e. The van der Waals surface area contributed by atoms with Crippen LogP contribution in [-0.4, -0.2) is 29.8 Å². The smallest absolute Gasteiger partial charge is 0.331 e. The van der Waals surface area contributed by atoms with Gasteiger partial charge in [-0.15, -0.1) is 0 Å². The van der Waals surface area contributed by atoms with Crippen LogP contribution in [0.25, 0.3) is 0 Å². The number of ketones is 1. The van der Waals surface area contributed by atoms with Crippen LogP contribution >= 0.6 is 0 Å². The van der Waals surface area contributed by atoms with Crippen molar-refractivity contribution >= 4 is 17.7 Å². The van der Waals surface area contributed by atoms with Crippen LogP contribution in [0.2, 0.25) is 0 Å². The predicted molar refractivity (Wildman–Crippen MR) is 89.7 cm³/mol. The molecular weight excluding hydrogens is 306 g/mol. The first kappa shape index (κ1) is 17.4. The molecule has 0 saturated heterocycles. The van der Waals surface area contributed by atoms with Crippen LogP contribution in [0.3, 0.4) is 0 Å². The molecule has 0 radical (unpaired) electrons. The second kappa shape index (κ2) is 7.55. The van der Waals surface area contributed by atoms with E-state index in [-0.39, 0.29) is 18.3 Å². The maximum absolute atomic E-state index is 12.2. The van der Waals surface area contributed by atoms with Crippen molar-refractivity contribution in [2.75, 3.05) is 6.61 Å². The van der Waals surface area contributed by atoms with Gasteiger partial charge in [0, 0.05) is 11.1 Å². The fraction of sp³-hybridized carbons (Fsp3) is 0.211. The maximum atomic E-state index is 12.2. The van der Waals surface area contributed by atoms with E-state index in [0.717, 1.165) is 0 Å². The molecule has 2 aromatic rings. The lowest BCUT2D eigenvalue weighted by atomic mass is 10.0. The summed E-state index contributed by atoms with van der Waals surface area (Å²) >= 11 is 0. The van der Waals surface area contributed by atoms with E-state index in [1.54, 1.807) is 60.7 Å². The van der Waals surface area contributed by atoms with E-state index in [9.17, 15) is 14.4 Å². The van der Waals surface area contributed by atoms with E-state index < -0.39 is 11.5 Å². The van der Waals surface area contributed by atoms with Crippen molar-refractivity contribution in [1.82, 2.24) is 5.32 Å². The zero-order valence-electron chi connectivity index (χ0n) is 13.6. The molecule has 0 fully saturated rings. The Morgan fingerprint density at radius 2 is 1.38 bits per heavy atom. The Bertz CT molecular complexity index is 724. The highest BCUT2D eigenvalue weighted by atomic mass is 16.5. The summed E-state index contributed by atoms with van der Waals surface area (Å²) in [5.74, 6) is -1.35. The lowest BCUT2D eigenvalue weighted by Crippen LogP contribution is -2.50. The Balaban J connectivity index is 1.93. The average Bonchev–Trinajstić information content (AvgIpc) is 2.60. The van der Waals surface area contributed by atoms with Gasteiger partial charge in [0.25, 0.3) is 5.91 Å². The number of benzene rings is 2. The van der Waals surface area contributed by atoms with Gasteiger partial charge in [0.05, 0.1) is 0 Å². The number of rotatable bonds is 6. The first-order valence-corrected chi connectivity index (χ1v) is 7.53. The lowest BCUT2D eigenvalue weighted by molar-refractivity contribution is -0.148. The number of esters is 1. The van der Waals surface area contributed by atoms with Gasteiger partial charge in [-0.3, -0.25) is 9.59 Å². The van der Waals surface area contributed by atoms with Crippen LogP contribution < -0.4 is 5.32 Å². The Morgan fingerprint density at radius 3 is 1.92 bits per heavy atom. The predicted octanol–water partition coefficient (Wildman–Crippen LogP) is 2.62. The molecule has 0 unspecified atom stereocenters. The summed E-state index contributed by atoms with van der Waals surface area (Å²) in [6.45, 7) is 2.69. The first-order chi connectivity index (χ1) is 11.4. The third kappa shape index (κ3) is 4.52. The number of carbonyl (C=O) groups excluding carboxylic acids is 3. The van der Waals surface area contributed by atoms with E-state index in [1.165, 1.54) is 13.8 Å². The molecular formula is C19H19NO4. The molecule has 5 heteroatoms. The minimum absolute atomic E-state index is 0.297. The number of carbonyl (C=O) groups is 3. The molecule has 0 aliphatic carbocycles. The van der Waals surface area contributed by atoms with Crippen LogP contribution in [0, 0.1) is 0 Å². The summed E-state index contributed by atoms with van der Waals surface area (Å²) in [5.41, 5.74) is -0.334. The zero-order valence-corrected chi connectivity index (χ0v) is 13.6. The second-order valence-electron chi connectivity index (χ2n) is 5.81. The third-order valence-corrected chi connectivity index (χ3v) is 3.40. The number of nitrogens with one attached hydrogen (secondary N) is 1. The molecule has 2 rings (SSSR count). The Labute approximate surface area is 140 Å². The second-order valence-corrected chi connectivity index (χ2v) is 5.81. The summed E-state index contributed by atoms with van der Waals surface area (Å²) in [6.07, 6.45) is 0. The minimum Gasteiger partial charge on any atom is -0.456 e. The molecule has 24 heavy (non-hydrogen) atoms. The van der Waals surface area contributed by atoms with Gasteiger partial charge in [-0.05, 0) is 26.0 Å². The molecule has 0 spiro atoms. The SMILES string of the molecule is CC(C)(NC(=O)c1ccccc1)C(=O)OCC(=O)c1ccccc1. The Kier molecular flexibility index (Phi) is 5.47. The van der Waals surface area contributed by atoms with Gasteiger partial charge in [0.15, 0.2) is 12.4 Å². The molecule has 0 aliphatic rings. The van der Waals surface area contributed by atoms with Crippen molar-refractivity contribution in [2.24, 2.45) is 0 Å². The van der Waals surface area contributed by atoms with E-state index in [2.05, 4.69) is 5.32 Å². The van der Waals surface area contributed by atoms with Gasteiger partial charge in [-0.25, -0.2) is 4.79 Å². The highest BCUT2D eigenvalue weighted by Crippen LogP contribution is 2.09. The van der Waals surface area contributed by atoms with Crippen LogP contribution in [0.1, 0.15) is 34.6 Å². The molecule has 0 atom stereocenters. The number of hydrogen-bond donors (Lipinski definition) is 1. The minimum atomic E-state index is -1.25. The van der Waals surface area contributed by atoms with Gasteiger partial charge in [-0.1, -0.05) is 48.5 Å². The van der Waals surface area contributed by atoms with Crippen molar-refractivity contribution in [3.8, 4) is 0 Å². The summed E-state index contributed by atoms with van der Waals surface area (Å²) in [5, 5.41) is 2.61. The molecule has 1 N–H and O–H groups in total. The molecule has 5 nitrogen and oxygen atoms in total.